The normalized spacial score (nSPS) is 20.9. The molecule has 23 heavy (non-hydrogen) atoms. The van der Waals surface area contributed by atoms with Crippen molar-refractivity contribution in [2.45, 2.75) is 37.8 Å². The maximum atomic E-state index is 12.5. The topological polar surface area (TPSA) is 32.8 Å². The molecule has 2 saturated heterocycles. The average molecular weight is 337 g/mol. The lowest BCUT2D eigenvalue weighted by Crippen LogP contribution is -2.49. The van der Waals surface area contributed by atoms with E-state index in [-0.39, 0.29) is 5.91 Å². The molecule has 1 aromatic carbocycles. The van der Waals surface area contributed by atoms with Crippen molar-refractivity contribution in [3.8, 4) is 0 Å². The predicted octanol–water partition coefficient (Wildman–Crippen LogP) is 3.06. The van der Waals surface area contributed by atoms with Crippen LogP contribution in [-0.2, 0) is 4.74 Å². The van der Waals surface area contributed by atoms with Gasteiger partial charge in [0, 0.05) is 49.0 Å². The molecule has 2 fully saturated rings. The molecule has 0 aliphatic carbocycles. The van der Waals surface area contributed by atoms with Crippen molar-refractivity contribution in [2.75, 3.05) is 33.4 Å². The van der Waals surface area contributed by atoms with E-state index >= 15 is 0 Å². The minimum Gasteiger partial charge on any atom is -0.381 e. The van der Waals surface area contributed by atoms with Gasteiger partial charge in [0.15, 0.2) is 0 Å². The summed E-state index contributed by atoms with van der Waals surface area (Å²) < 4.78 is 5.45. The van der Waals surface area contributed by atoms with E-state index in [1.54, 1.807) is 12.1 Å². The molecular formula is C18H25ClN2O2. The summed E-state index contributed by atoms with van der Waals surface area (Å²) in [6.45, 7) is 3.42. The van der Waals surface area contributed by atoms with Gasteiger partial charge in [-0.05, 0) is 57.0 Å². The number of hydrogen-bond acceptors (Lipinski definition) is 3. The highest BCUT2D eigenvalue weighted by molar-refractivity contribution is 6.30. The number of benzene rings is 1. The number of hydrogen-bond donors (Lipinski definition) is 0. The van der Waals surface area contributed by atoms with E-state index in [0.717, 1.165) is 57.6 Å². The van der Waals surface area contributed by atoms with Gasteiger partial charge in [0.2, 0.25) is 0 Å². The number of carbonyl (C=O) groups is 1. The van der Waals surface area contributed by atoms with E-state index in [2.05, 4.69) is 11.9 Å². The fourth-order valence-corrected chi connectivity index (χ4v) is 3.77. The second-order valence-corrected chi connectivity index (χ2v) is 6.98. The van der Waals surface area contributed by atoms with Crippen LogP contribution in [0.25, 0.3) is 0 Å². The Hall–Kier alpha value is -1.10. The predicted molar refractivity (Wildman–Crippen MR) is 92.0 cm³/mol. The highest BCUT2D eigenvalue weighted by Crippen LogP contribution is 2.23. The summed E-state index contributed by atoms with van der Waals surface area (Å²) in [7, 11) is 2.23. The summed E-state index contributed by atoms with van der Waals surface area (Å²) in [4.78, 5) is 17.0. The zero-order chi connectivity index (χ0) is 16.2. The summed E-state index contributed by atoms with van der Waals surface area (Å²) in [5.41, 5.74) is 0.727. The van der Waals surface area contributed by atoms with Crippen LogP contribution in [0, 0.1) is 0 Å². The smallest absolute Gasteiger partial charge is 0.253 e. The SMILES string of the molecule is CN(C1CCOCC1)C1CCN(C(=O)c2ccc(Cl)cc2)CC1. The van der Waals surface area contributed by atoms with Crippen molar-refractivity contribution < 1.29 is 9.53 Å². The van der Waals surface area contributed by atoms with Crippen molar-refractivity contribution in [1.29, 1.82) is 0 Å². The maximum Gasteiger partial charge on any atom is 0.253 e. The molecular weight excluding hydrogens is 312 g/mol. The van der Waals surface area contributed by atoms with Crippen molar-refractivity contribution >= 4 is 17.5 Å². The standard InChI is InChI=1S/C18H25ClN2O2/c1-20(17-8-12-23-13-9-17)16-6-10-21(11-7-16)18(22)14-2-4-15(19)5-3-14/h2-5,16-17H,6-13H2,1H3. The Kier molecular flexibility index (Phi) is 5.57. The molecule has 3 rings (SSSR count). The van der Waals surface area contributed by atoms with Gasteiger partial charge in [0.1, 0.15) is 0 Å². The fourth-order valence-electron chi connectivity index (χ4n) is 3.64. The molecule has 2 aliphatic rings. The van der Waals surface area contributed by atoms with Gasteiger partial charge in [0.25, 0.3) is 5.91 Å². The van der Waals surface area contributed by atoms with Crippen LogP contribution in [0.1, 0.15) is 36.0 Å². The highest BCUT2D eigenvalue weighted by Gasteiger charge is 2.29. The van der Waals surface area contributed by atoms with Crippen molar-refractivity contribution in [3.63, 3.8) is 0 Å². The number of likely N-dealkylation sites (tertiary alicyclic amines) is 1. The van der Waals surface area contributed by atoms with Gasteiger partial charge in [0.05, 0.1) is 0 Å². The third kappa shape index (κ3) is 4.06. The summed E-state index contributed by atoms with van der Waals surface area (Å²) in [6, 6.07) is 8.39. The Morgan fingerprint density at radius 1 is 1.09 bits per heavy atom. The quantitative estimate of drug-likeness (QED) is 0.850. The Balaban J connectivity index is 1.53. The molecule has 2 aliphatic heterocycles. The lowest BCUT2D eigenvalue weighted by molar-refractivity contribution is 0.0152. The molecule has 0 aromatic heterocycles. The summed E-state index contributed by atoms with van der Waals surface area (Å²) >= 11 is 5.89. The zero-order valence-electron chi connectivity index (χ0n) is 13.7. The lowest BCUT2D eigenvalue weighted by Gasteiger charge is -2.41. The van der Waals surface area contributed by atoms with Gasteiger partial charge in [-0.25, -0.2) is 0 Å². The third-order valence-electron chi connectivity index (χ3n) is 5.19. The monoisotopic (exact) mass is 336 g/mol. The first-order valence-corrected chi connectivity index (χ1v) is 8.87. The minimum atomic E-state index is 0.119. The van der Waals surface area contributed by atoms with Crippen LogP contribution < -0.4 is 0 Å². The Labute approximate surface area is 143 Å². The van der Waals surface area contributed by atoms with Crippen LogP contribution in [0.15, 0.2) is 24.3 Å². The first-order chi connectivity index (χ1) is 11.1. The number of rotatable bonds is 3. The summed E-state index contributed by atoms with van der Waals surface area (Å²) in [6.07, 6.45) is 4.35. The molecule has 4 nitrogen and oxygen atoms in total. The van der Waals surface area contributed by atoms with E-state index in [4.69, 9.17) is 16.3 Å². The lowest BCUT2D eigenvalue weighted by atomic mass is 9.98. The minimum absolute atomic E-state index is 0.119. The molecule has 0 atom stereocenters. The molecule has 0 N–H and O–H groups in total. The largest absolute Gasteiger partial charge is 0.381 e. The van der Waals surface area contributed by atoms with Crippen LogP contribution in [0.4, 0.5) is 0 Å². The first kappa shape index (κ1) is 16.7. The number of halogens is 1. The molecule has 0 spiro atoms. The summed E-state index contributed by atoms with van der Waals surface area (Å²) in [5, 5.41) is 0.665. The van der Waals surface area contributed by atoms with Gasteiger partial charge < -0.3 is 14.5 Å². The first-order valence-electron chi connectivity index (χ1n) is 8.49. The van der Waals surface area contributed by atoms with E-state index < -0.39 is 0 Å². The van der Waals surface area contributed by atoms with Crippen LogP contribution in [0.5, 0.6) is 0 Å². The molecule has 5 heteroatoms. The molecule has 2 heterocycles. The number of ether oxygens (including phenoxy) is 1. The molecule has 0 unspecified atom stereocenters. The van der Waals surface area contributed by atoms with Gasteiger partial charge in [-0.1, -0.05) is 11.6 Å². The molecule has 0 bridgehead atoms. The van der Waals surface area contributed by atoms with E-state index in [1.807, 2.05) is 17.0 Å². The van der Waals surface area contributed by atoms with Crippen molar-refractivity contribution in [1.82, 2.24) is 9.80 Å². The number of carbonyl (C=O) groups excluding carboxylic acids is 1. The zero-order valence-corrected chi connectivity index (χ0v) is 14.5. The van der Waals surface area contributed by atoms with Crippen LogP contribution in [-0.4, -0.2) is 61.1 Å². The van der Waals surface area contributed by atoms with Gasteiger partial charge in [-0.2, -0.15) is 0 Å². The second-order valence-electron chi connectivity index (χ2n) is 6.54. The van der Waals surface area contributed by atoms with E-state index in [9.17, 15) is 4.79 Å². The fraction of sp³-hybridized carbons (Fsp3) is 0.611. The van der Waals surface area contributed by atoms with Crippen molar-refractivity contribution in [3.05, 3.63) is 34.9 Å². The van der Waals surface area contributed by atoms with Gasteiger partial charge in [-0.15, -0.1) is 0 Å². The maximum absolute atomic E-state index is 12.5. The Morgan fingerprint density at radius 2 is 1.65 bits per heavy atom. The third-order valence-corrected chi connectivity index (χ3v) is 5.44. The highest BCUT2D eigenvalue weighted by atomic mass is 35.5. The molecule has 126 valence electrons. The second kappa shape index (κ2) is 7.65. The van der Waals surface area contributed by atoms with Gasteiger partial charge >= 0.3 is 0 Å². The average Bonchev–Trinajstić information content (AvgIpc) is 2.62. The number of amides is 1. The number of piperidine rings is 1. The van der Waals surface area contributed by atoms with Crippen LogP contribution in [0.3, 0.4) is 0 Å². The number of nitrogens with zero attached hydrogens (tertiary/aromatic N) is 2. The molecule has 1 amide bonds. The summed E-state index contributed by atoms with van der Waals surface area (Å²) in [5.74, 6) is 0.119. The van der Waals surface area contributed by atoms with E-state index in [1.165, 1.54) is 0 Å². The van der Waals surface area contributed by atoms with E-state index in [0.29, 0.717) is 17.1 Å². The molecule has 0 radical (unpaired) electrons. The van der Waals surface area contributed by atoms with Gasteiger partial charge in [-0.3, -0.25) is 4.79 Å². The van der Waals surface area contributed by atoms with Crippen LogP contribution in [0.2, 0.25) is 5.02 Å². The molecule has 1 aromatic rings. The molecule has 0 saturated carbocycles. The Bertz CT molecular complexity index is 520. The van der Waals surface area contributed by atoms with Crippen LogP contribution >= 0.6 is 11.6 Å². The van der Waals surface area contributed by atoms with Crippen molar-refractivity contribution in [2.24, 2.45) is 0 Å². The Morgan fingerprint density at radius 3 is 2.26 bits per heavy atom.